The Labute approximate surface area is 82.2 Å². The lowest BCUT2D eigenvalue weighted by Gasteiger charge is -2.33. The Kier molecular flexibility index (Phi) is 6.24. The molecule has 0 saturated heterocycles. The van der Waals surface area contributed by atoms with E-state index in [1.165, 1.54) is 0 Å². The first-order valence-electron chi connectivity index (χ1n) is 4.62. The molecule has 0 aromatic heterocycles. The van der Waals surface area contributed by atoms with Crippen LogP contribution in [0.1, 0.15) is 34.1 Å². The minimum Gasteiger partial charge on any atom is -0.359 e. The molecule has 0 saturated carbocycles. The van der Waals surface area contributed by atoms with Crippen LogP contribution < -0.4 is 0 Å². The highest BCUT2D eigenvalue weighted by molar-refractivity contribution is 7.48. The highest BCUT2D eigenvalue weighted by Crippen LogP contribution is 2.39. The topological polar surface area (TPSA) is 47.3 Å². The Balaban J connectivity index is 4.13. The molecule has 13 heavy (non-hydrogen) atoms. The third-order valence-electron chi connectivity index (χ3n) is 1.75. The molecular weight excluding hydrogens is 183 g/mol. The van der Waals surface area contributed by atoms with E-state index < -0.39 is 8.30 Å². The van der Waals surface area contributed by atoms with Gasteiger partial charge in [0.2, 0.25) is 0 Å². The van der Waals surface area contributed by atoms with E-state index in [9.17, 15) is 4.89 Å². The van der Waals surface area contributed by atoms with E-state index in [2.05, 4.69) is 38.4 Å². The summed E-state index contributed by atoms with van der Waals surface area (Å²) in [6.07, 6.45) is 1.04. The van der Waals surface area contributed by atoms with Crippen LogP contribution in [0.2, 0.25) is 0 Å². The van der Waals surface area contributed by atoms with E-state index in [1.807, 2.05) is 0 Å². The zero-order valence-corrected chi connectivity index (χ0v) is 9.75. The Hall–Kier alpha value is -0.160. The van der Waals surface area contributed by atoms with E-state index in [-0.39, 0.29) is 0 Å². The molecule has 4 heteroatoms. The van der Waals surface area contributed by atoms with Crippen LogP contribution in [0.15, 0.2) is 0 Å². The number of nitrogens with zero attached hydrogens (tertiary/aromatic N) is 2. The Morgan fingerprint density at radius 3 is 2.08 bits per heavy atom. The van der Waals surface area contributed by atoms with Gasteiger partial charge in [-0.15, -0.1) is 0 Å². The van der Waals surface area contributed by atoms with Crippen molar-refractivity contribution < 1.29 is 4.89 Å². The molecule has 0 aromatic rings. The number of nitriles is 1. The molecule has 76 valence electrons. The van der Waals surface area contributed by atoms with Crippen molar-refractivity contribution >= 4 is 8.30 Å². The summed E-state index contributed by atoms with van der Waals surface area (Å²) in [5.74, 6) is 0. The minimum absolute atomic E-state index is 0.342. The van der Waals surface area contributed by atoms with Crippen LogP contribution in [-0.2, 0) is 0 Å². The maximum absolute atomic E-state index is 9.82. The molecule has 0 fully saturated rings. The van der Waals surface area contributed by atoms with E-state index in [0.29, 0.717) is 24.7 Å². The summed E-state index contributed by atoms with van der Waals surface area (Å²) in [5.41, 5.74) is 0. The lowest BCUT2D eigenvalue weighted by molar-refractivity contribution is 0.296. The zero-order valence-electron chi connectivity index (χ0n) is 8.86. The fraction of sp³-hybridized carbons (Fsp3) is 0.889. The van der Waals surface area contributed by atoms with Gasteiger partial charge in [-0.2, -0.15) is 5.26 Å². The molecule has 0 aliphatic rings. The molecule has 0 rings (SSSR count). The minimum atomic E-state index is -1.12. The summed E-state index contributed by atoms with van der Waals surface area (Å²) in [6, 6.07) is 2.75. The van der Waals surface area contributed by atoms with Gasteiger partial charge in [-0.3, -0.25) is 4.67 Å². The smallest absolute Gasteiger partial charge is 0.102 e. The Morgan fingerprint density at radius 1 is 1.31 bits per heavy atom. The summed E-state index contributed by atoms with van der Waals surface area (Å²) in [5, 5.41) is 8.40. The van der Waals surface area contributed by atoms with Crippen molar-refractivity contribution in [3.63, 3.8) is 0 Å². The quantitative estimate of drug-likeness (QED) is 0.696. The first-order chi connectivity index (χ1) is 6.00. The molecule has 1 N–H and O–H groups in total. The van der Waals surface area contributed by atoms with Crippen LogP contribution in [0.25, 0.3) is 0 Å². The molecule has 0 amide bonds. The number of rotatable bonds is 5. The highest BCUT2D eigenvalue weighted by Gasteiger charge is 2.21. The molecule has 1 atom stereocenters. The van der Waals surface area contributed by atoms with Gasteiger partial charge in [0.1, 0.15) is 8.30 Å². The fourth-order valence-corrected chi connectivity index (χ4v) is 2.99. The van der Waals surface area contributed by atoms with Crippen molar-refractivity contribution in [3.8, 4) is 6.07 Å². The molecule has 0 aromatic carbocycles. The highest BCUT2D eigenvalue weighted by atomic mass is 31.2. The van der Waals surface area contributed by atoms with Gasteiger partial charge in [0, 0.05) is 24.7 Å². The SMILES string of the molecule is CC(C)N(C(C)C)P(O)CCC#N. The average Bonchev–Trinajstić information content (AvgIpc) is 1.99. The predicted octanol–water partition coefficient (Wildman–Crippen LogP) is 2.32. The van der Waals surface area contributed by atoms with E-state index in [1.54, 1.807) is 0 Å². The van der Waals surface area contributed by atoms with Crippen molar-refractivity contribution in [2.75, 3.05) is 6.16 Å². The Morgan fingerprint density at radius 2 is 1.77 bits per heavy atom. The lowest BCUT2D eigenvalue weighted by Crippen LogP contribution is -2.32. The maximum Gasteiger partial charge on any atom is 0.102 e. The molecule has 0 bridgehead atoms. The third-order valence-corrected chi connectivity index (χ3v) is 3.83. The summed E-state index contributed by atoms with van der Waals surface area (Å²) in [6.45, 7) is 8.27. The van der Waals surface area contributed by atoms with Gasteiger partial charge in [-0.1, -0.05) is 0 Å². The predicted molar refractivity (Wildman–Crippen MR) is 56.3 cm³/mol. The fourth-order valence-electron chi connectivity index (χ4n) is 1.39. The van der Waals surface area contributed by atoms with Gasteiger partial charge >= 0.3 is 0 Å². The van der Waals surface area contributed by atoms with Crippen molar-refractivity contribution in [2.24, 2.45) is 0 Å². The van der Waals surface area contributed by atoms with E-state index in [0.717, 1.165) is 0 Å². The van der Waals surface area contributed by atoms with Crippen LogP contribution >= 0.6 is 8.30 Å². The second kappa shape index (κ2) is 6.32. The van der Waals surface area contributed by atoms with Crippen LogP contribution in [0.4, 0.5) is 0 Å². The second-order valence-electron chi connectivity index (χ2n) is 3.57. The van der Waals surface area contributed by atoms with Gasteiger partial charge < -0.3 is 4.89 Å². The molecule has 3 nitrogen and oxygen atoms in total. The zero-order chi connectivity index (χ0) is 10.4. The monoisotopic (exact) mass is 202 g/mol. The first kappa shape index (κ1) is 12.8. The summed E-state index contributed by atoms with van der Waals surface area (Å²) in [7, 11) is -1.12. The van der Waals surface area contributed by atoms with Gasteiger partial charge in [-0.05, 0) is 27.7 Å². The van der Waals surface area contributed by atoms with Gasteiger partial charge in [0.05, 0.1) is 6.07 Å². The van der Waals surface area contributed by atoms with Crippen molar-refractivity contribution in [1.82, 2.24) is 4.67 Å². The molecule has 0 radical (unpaired) electrons. The molecular formula is C9H19N2OP. The molecule has 0 spiro atoms. The van der Waals surface area contributed by atoms with Crippen LogP contribution in [-0.4, -0.2) is 27.8 Å². The van der Waals surface area contributed by atoms with Crippen LogP contribution in [0.5, 0.6) is 0 Å². The van der Waals surface area contributed by atoms with Crippen LogP contribution in [0.3, 0.4) is 0 Å². The molecule has 0 aliphatic heterocycles. The van der Waals surface area contributed by atoms with E-state index in [4.69, 9.17) is 5.26 Å². The van der Waals surface area contributed by atoms with Crippen molar-refractivity contribution in [3.05, 3.63) is 0 Å². The first-order valence-corrected chi connectivity index (χ1v) is 6.05. The number of hydrogen-bond acceptors (Lipinski definition) is 3. The van der Waals surface area contributed by atoms with Crippen molar-refractivity contribution in [2.45, 2.75) is 46.2 Å². The summed E-state index contributed by atoms with van der Waals surface area (Å²) < 4.78 is 2.08. The summed E-state index contributed by atoms with van der Waals surface area (Å²) >= 11 is 0. The van der Waals surface area contributed by atoms with Gasteiger partial charge in [0.25, 0.3) is 0 Å². The molecule has 1 unspecified atom stereocenters. The van der Waals surface area contributed by atoms with Gasteiger partial charge in [0.15, 0.2) is 0 Å². The van der Waals surface area contributed by atoms with E-state index >= 15 is 0 Å². The normalized spacial score (nSPS) is 13.8. The molecule has 0 aliphatic carbocycles. The number of hydrogen-bond donors (Lipinski definition) is 1. The second-order valence-corrected chi connectivity index (χ2v) is 5.23. The molecule has 0 heterocycles. The maximum atomic E-state index is 9.82. The Bertz CT molecular complexity index is 169. The standard InChI is InChI=1S/C9H19N2OP/c1-8(2)11(9(3)4)13(12)7-5-6-10/h8-9,12H,5,7H2,1-4H3. The average molecular weight is 202 g/mol. The van der Waals surface area contributed by atoms with Crippen LogP contribution in [0, 0.1) is 11.3 Å². The van der Waals surface area contributed by atoms with Gasteiger partial charge in [-0.25, -0.2) is 0 Å². The van der Waals surface area contributed by atoms with Crippen molar-refractivity contribution in [1.29, 1.82) is 5.26 Å². The third kappa shape index (κ3) is 4.57. The summed E-state index contributed by atoms with van der Waals surface area (Å²) in [4.78, 5) is 9.82. The lowest BCUT2D eigenvalue weighted by atomic mass is 10.3. The largest absolute Gasteiger partial charge is 0.359 e.